The summed E-state index contributed by atoms with van der Waals surface area (Å²) in [5, 5.41) is 1.17. The quantitative estimate of drug-likeness (QED) is 0.640. The molecule has 1 aromatic heterocycles. The minimum atomic E-state index is 0.589. The average molecular weight is 241 g/mol. The Bertz CT molecular complexity index is 573. The van der Waals surface area contributed by atoms with Crippen molar-refractivity contribution in [2.75, 3.05) is 5.43 Å². The van der Waals surface area contributed by atoms with Gasteiger partial charge in [-0.05, 0) is 43.0 Å². The molecule has 3 N–H and O–H groups in total. The number of hydrogen-bond acceptors (Lipinski definition) is 3. The molecule has 1 fully saturated rings. The van der Waals surface area contributed by atoms with E-state index in [4.69, 9.17) is 10.8 Å². The molecule has 0 saturated heterocycles. The highest BCUT2D eigenvalue weighted by atomic mass is 15.2. The van der Waals surface area contributed by atoms with Crippen molar-refractivity contribution in [2.24, 2.45) is 5.84 Å². The third-order valence-corrected chi connectivity index (χ3v) is 3.96. The van der Waals surface area contributed by atoms with Crippen molar-refractivity contribution in [3.63, 3.8) is 0 Å². The van der Waals surface area contributed by atoms with Crippen LogP contribution in [0.15, 0.2) is 24.3 Å². The zero-order valence-electron chi connectivity index (χ0n) is 10.7. The molecule has 0 atom stereocenters. The van der Waals surface area contributed by atoms with E-state index in [1.807, 2.05) is 0 Å². The topological polar surface area (TPSA) is 50.9 Å². The molecule has 0 radical (unpaired) electrons. The molecule has 3 heteroatoms. The molecule has 3 nitrogen and oxygen atoms in total. The van der Waals surface area contributed by atoms with E-state index < -0.39 is 0 Å². The van der Waals surface area contributed by atoms with Crippen LogP contribution in [0.25, 0.3) is 10.9 Å². The normalized spacial score (nSPS) is 15.7. The Labute approximate surface area is 107 Å². The zero-order chi connectivity index (χ0) is 12.5. The van der Waals surface area contributed by atoms with Gasteiger partial charge in [0.1, 0.15) is 0 Å². The zero-order valence-corrected chi connectivity index (χ0v) is 10.7. The minimum absolute atomic E-state index is 0.589. The third kappa shape index (κ3) is 1.85. The van der Waals surface area contributed by atoms with Gasteiger partial charge in [0.2, 0.25) is 0 Å². The first-order valence-electron chi connectivity index (χ1n) is 6.72. The van der Waals surface area contributed by atoms with Gasteiger partial charge in [-0.3, -0.25) is 10.8 Å². The fraction of sp³-hybridized carbons (Fsp3) is 0.400. The van der Waals surface area contributed by atoms with E-state index in [0.717, 1.165) is 23.3 Å². The lowest BCUT2D eigenvalue weighted by atomic mass is 9.82. The minimum Gasteiger partial charge on any atom is -0.322 e. The number of pyridine rings is 1. The third-order valence-electron chi connectivity index (χ3n) is 3.96. The molecule has 0 unspecified atom stereocenters. The highest BCUT2D eigenvalue weighted by Gasteiger charge is 2.24. The number of nitrogens with one attached hydrogen (secondary N) is 1. The summed E-state index contributed by atoms with van der Waals surface area (Å²) in [7, 11) is 0. The molecule has 2 aromatic rings. The number of aromatic nitrogens is 1. The second kappa shape index (κ2) is 4.58. The number of hydrogen-bond donors (Lipinski definition) is 2. The maximum Gasteiger partial charge on any atom is 0.0710 e. The van der Waals surface area contributed by atoms with Crippen molar-refractivity contribution in [1.29, 1.82) is 0 Å². The van der Waals surface area contributed by atoms with Crippen molar-refractivity contribution in [1.82, 2.24) is 4.98 Å². The highest BCUT2D eigenvalue weighted by Crippen LogP contribution is 2.39. The molecule has 0 aliphatic heterocycles. The summed E-state index contributed by atoms with van der Waals surface area (Å²) in [5.41, 5.74) is 7.35. The Morgan fingerprint density at radius 2 is 2.17 bits per heavy atom. The molecule has 1 aliphatic rings. The van der Waals surface area contributed by atoms with E-state index >= 15 is 0 Å². The molecule has 0 amide bonds. The van der Waals surface area contributed by atoms with Gasteiger partial charge in [0.05, 0.1) is 16.9 Å². The molecule has 0 spiro atoms. The summed E-state index contributed by atoms with van der Waals surface area (Å²) < 4.78 is 0. The number of aryl methyl sites for hydroxylation is 1. The van der Waals surface area contributed by atoms with Gasteiger partial charge in [0, 0.05) is 11.3 Å². The number of anilines is 1. The molecule has 1 aliphatic carbocycles. The summed E-state index contributed by atoms with van der Waals surface area (Å²) in [5.74, 6) is 6.23. The number of nitrogens with zero attached hydrogens (tertiary/aromatic N) is 1. The van der Waals surface area contributed by atoms with Gasteiger partial charge in [0.15, 0.2) is 0 Å². The summed E-state index contributed by atoms with van der Waals surface area (Å²) in [6, 6.07) is 8.62. The second-order valence-electron chi connectivity index (χ2n) is 5.07. The predicted octanol–water partition coefficient (Wildman–Crippen LogP) is 3.35. The average Bonchev–Trinajstić information content (AvgIpc) is 2.35. The van der Waals surface area contributed by atoms with Crippen LogP contribution in [0, 0.1) is 0 Å². The van der Waals surface area contributed by atoms with E-state index in [2.05, 4.69) is 36.6 Å². The van der Waals surface area contributed by atoms with Crippen LogP contribution in [-0.4, -0.2) is 4.98 Å². The Hall–Kier alpha value is -1.61. The lowest BCUT2D eigenvalue weighted by Gasteiger charge is -2.27. The van der Waals surface area contributed by atoms with Crippen molar-refractivity contribution < 1.29 is 0 Å². The number of nitrogens with two attached hydrogens (primary N) is 1. The van der Waals surface area contributed by atoms with E-state index in [9.17, 15) is 0 Å². The smallest absolute Gasteiger partial charge is 0.0710 e. The number of nitrogen functional groups attached to an aromatic ring is 1. The van der Waals surface area contributed by atoms with Crippen LogP contribution in [0.4, 0.5) is 5.69 Å². The number of benzene rings is 1. The van der Waals surface area contributed by atoms with Gasteiger partial charge in [0.25, 0.3) is 0 Å². The first kappa shape index (κ1) is 11.5. The van der Waals surface area contributed by atoms with Crippen LogP contribution < -0.4 is 11.3 Å². The molecule has 1 aromatic carbocycles. The molecule has 94 valence electrons. The van der Waals surface area contributed by atoms with Crippen LogP contribution in [0.5, 0.6) is 0 Å². The fourth-order valence-corrected chi connectivity index (χ4v) is 2.57. The summed E-state index contributed by atoms with van der Waals surface area (Å²) in [4.78, 5) is 4.80. The summed E-state index contributed by atoms with van der Waals surface area (Å²) in [6.45, 7) is 2.17. The van der Waals surface area contributed by atoms with Gasteiger partial charge in [-0.15, -0.1) is 0 Å². The fourth-order valence-electron chi connectivity index (χ4n) is 2.57. The SMILES string of the molecule is CCc1ccc2nc(C3CCC3)c(NN)cc2c1. The molecular weight excluding hydrogens is 222 g/mol. The van der Waals surface area contributed by atoms with Gasteiger partial charge in [-0.2, -0.15) is 0 Å². The van der Waals surface area contributed by atoms with Gasteiger partial charge < -0.3 is 5.43 Å². The van der Waals surface area contributed by atoms with Gasteiger partial charge in [-0.1, -0.05) is 19.4 Å². The van der Waals surface area contributed by atoms with Gasteiger partial charge in [-0.25, -0.2) is 0 Å². The number of hydrazine groups is 1. The first-order valence-corrected chi connectivity index (χ1v) is 6.72. The van der Waals surface area contributed by atoms with Crippen LogP contribution in [0.2, 0.25) is 0 Å². The van der Waals surface area contributed by atoms with Crippen molar-refractivity contribution in [3.05, 3.63) is 35.5 Å². The summed E-state index contributed by atoms with van der Waals surface area (Å²) in [6.07, 6.45) is 4.83. The molecule has 1 saturated carbocycles. The summed E-state index contributed by atoms with van der Waals surface area (Å²) >= 11 is 0. The number of rotatable bonds is 3. The van der Waals surface area contributed by atoms with E-state index in [-0.39, 0.29) is 0 Å². The van der Waals surface area contributed by atoms with E-state index in [1.54, 1.807) is 0 Å². The lowest BCUT2D eigenvalue weighted by Crippen LogP contribution is -2.16. The Morgan fingerprint density at radius 1 is 1.33 bits per heavy atom. The van der Waals surface area contributed by atoms with Crippen LogP contribution >= 0.6 is 0 Å². The van der Waals surface area contributed by atoms with Crippen LogP contribution in [0.1, 0.15) is 43.4 Å². The second-order valence-corrected chi connectivity index (χ2v) is 5.07. The van der Waals surface area contributed by atoms with Crippen molar-refractivity contribution >= 4 is 16.6 Å². The Morgan fingerprint density at radius 3 is 2.78 bits per heavy atom. The molecule has 18 heavy (non-hydrogen) atoms. The first-order chi connectivity index (χ1) is 8.81. The van der Waals surface area contributed by atoms with Crippen molar-refractivity contribution in [2.45, 2.75) is 38.5 Å². The van der Waals surface area contributed by atoms with Crippen LogP contribution in [-0.2, 0) is 6.42 Å². The maximum atomic E-state index is 5.64. The Kier molecular flexibility index (Phi) is 2.92. The molecule has 0 bridgehead atoms. The predicted molar refractivity (Wildman–Crippen MR) is 75.5 cm³/mol. The van der Waals surface area contributed by atoms with Gasteiger partial charge >= 0.3 is 0 Å². The van der Waals surface area contributed by atoms with Crippen LogP contribution in [0.3, 0.4) is 0 Å². The monoisotopic (exact) mass is 241 g/mol. The van der Waals surface area contributed by atoms with Crippen molar-refractivity contribution in [3.8, 4) is 0 Å². The standard InChI is InChI=1S/C15H19N3/c1-2-10-6-7-13-12(8-10)9-14(18-16)15(17-13)11-4-3-5-11/h6-9,11,18H,2-5,16H2,1H3. The van der Waals surface area contributed by atoms with E-state index in [1.165, 1.54) is 30.2 Å². The lowest BCUT2D eigenvalue weighted by molar-refractivity contribution is 0.413. The molecular formula is C15H19N3. The maximum absolute atomic E-state index is 5.64. The molecule has 3 rings (SSSR count). The highest BCUT2D eigenvalue weighted by molar-refractivity contribution is 5.83. The molecule has 1 heterocycles. The number of fused-ring (bicyclic) bond motifs is 1. The Balaban J connectivity index is 2.13. The largest absolute Gasteiger partial charge is 0.322 e. The van der Waals surface area contributed by atoms with E-state index in [0.29, 0.717) is 5.92 Å².